The van der Waals surface area contributed by atoms with Crippen LogP contribution in [0.5, 0.6) is 17.2 Å². The molecule has 7 nitrogen and oxygen atoms in total. The monoisotopic (exact) mass is 464 g/mol. The summed E-state index contributed by atoms with van der Waals surface area (Å²) in [4.78, 5) is 12.2. The van der Waals surface area contributed by atoms with E-state index >= 15 is 0 Å². The van der Waals surface area contributed by atoms with Gasteiger partial charge in [-0.3, -0.25) is 0 Å². The van der Waals surface area contributed by atoms with E-state index in [1.807, 2.05) is 54.6 Å². The van der Waals surface area contributed by atoms with E-state index in [1.165, 1.54) is 12.3 Å². The Bertz CT molecular complexity index is 1420. The van der Waals surface area contributed by atoms with E-state index in [2.05, 4.69) is 6.07 Å². The van der Waals surface area contributed by atoms with Crippen LogP contribution in [0.25, 0.3) is 0 Å². The summed E-state index contributed by atoms with van der Waals surface area (Å²) in [6, 6.07) is 27.7. The van der Waals surface area contributed by atoms with Crippen molar-refractivity contribution in [2.45, 2.75) is 12.5 Å². The van der Waals surface area contributed by atoms with Crippen LogP contribution in [0.1, 0.15) is 33.2 Å². The number of carbonyl (C=O) groups is 1. The SMILES string of the molecule is N#CC1=C(N)Oc2cc(OC(=O)c3ccco3)ccc2C1c1ccc(OCc2ccccc2)cc1. The van der Waals surface area contributed by atoms with Gasteiger partial charge in [0, 0.05) is 11.6 Å². The molecule has 1 aliphatic heterocycles. The molecule has 0 fully saturated rings. The molecule has 172 valence electrons. The molecule has 0 saturated carbocycles. The third kappa shape index (κ3) is 4.59. The second-order valence-electron chi connectivity index (χ2n) is 7.83. The molecule has 1 aliphatic rings. The lowest BCUT2D eigenvalue weighted by Gasteiger charge is -2.26. The van der Waals surface area contributed by atoms with Crippen LogP contribution in [0, 0.1) is 11.3 Å². The Hall–Kier alpha value is -4.96. The summed E-state index contributed by atoms with van der Waals surface area (Å²) in [6.07, 6.45) is 1.39. The van der Waals surface area contributed by atoms with Gasteiger partial charge in [0.25, 0.3) is 0 Å². The molecule has 1 unspecified atom stereocenters. The average Bonchev–Trinajstić information content (AvgIpc) is 3.43. The van der Waals surface area contributed by atoms with Crippen molar-refractivity contribution in [2.75, 3.05) is 0 Å². The maximum absolute atomic E-state index is 12.2. The first-order chi connectivity index (χ1) is 17.1. The second-order valence-corrected chi connectivity index (χ2v) is 7.83. The van der Waals surface area contributed by atoms with Gasteiger partial charge in [-0.15, -0.1) is 0 Å². The third-order valence-corrected chi connectivity index (χ3v) is 5.59. The lowest BCUT2D eigenvalue weighted by molar-refractivity contribution is 0.0701. The van der Waals surface area contributed by atoms with Gasteiger partial charge in [-0.2, -0.15) is 5.26 Å². The van der Waals surface area contributed by atoms with E-state index in [1.54, 1.807) is 24.3 Å². The van der Waals surface area contributed by atoms with Crippen LogP contribution < -0.4 is 19.9 Å². The molecule has 4 aromatic rings. The van der Waals surface area contributed by atoms with E-state index in [9.17, 15) is 10.1 Å². The molecule has 0 amide bonds. The Labute approximate surface area is 201 Å². The highest BCUT2D eigenvalue weighted by molar-refractivity contribution is 5.88. The molecule has 0 aliphatic carbocycles. The summed E-state index contributed by atoms with van der Waals surface area (Å²) in [6.45, 7) is 0.454. The zero-order chi connectivity index (χ0) is 24.2. The number of furan rings is 1. The van der Waals surface area contributed by atoms with Gasteiger partial charge in [-0.05, 0) is 41.5 Å². The van der Waals surface area contributed by atoms with Gasteiger partial charge in [-0.25, -0.2) is 4.79 Å². The Morgan fingerprint density at radius 3 is 2.46 bits per heavy atom. The summed E-state index contributed by atoms with van der Waals surface area (Å²) < 4.78 is 22.0. The van der Waals surface area contributed by atoms with Crippen LogP contribution >= 0.6 is 0 Å². The van der Waals surface area contributed by atoms with Gasteiger partial charge in [0.15, 0.2) is 0 Å². The smallest absolute Gasteiger partial charge is 0.379 e. The number of nitriles is 1. The van der Waals surface area contributed by atoms with Crippen LogP contribution in [0.2, 0.25) is 0 Å². The Morgan fingerprint density at radius 1 is 0.971 bits per heavy atom. The van der Waals surface area contributed by atoms with Crippen LogP contribution in [0.3, 0.4) is 0 Å². The average molecular weight is 464 g/mol. The van der Waals surface area contributed by atoms with E-state index in [4.69, 9.17) is 24.4 Å². The van der Waals surface area contributed by atoms with Gasteiger partial charge in [0.2, 0.25) is 11.6 Å². The predicted molar refractivity (Wildman–Crippen MR) is 127 cm³/mol. The van der Waals surface area contributed by atoms with Gasteiger partial charge in [0.1, 0.15) is 35.5 Å². The molecule has 7 heteroatoms. The number of fused-ring (bicyclic) bond motifs is 1. The first-order valence-corrected chi connectivity index (χ1v) is 10.9. The molecule has 3 aromatic carbocycles. The van der Waals surface area contributed by atoms with E-state index < -0.39 is 11.9 Å². The lowest BCUT2D eigenvalue weighted by Crippen LogP contribution is -2.21. The predicted octanol–water partition coefficient (Wildman–Crippen LogP) is 5.30. The van der Waals surface area contributed by atoms with Crippen molar-refractivity contribution in [1.29, 1.82) is 5.26 Å². The van der Waals surface area contributed by atoms with Crippen molar-refractivity contribution >= 4 is 5.97 Å². The van der Waals surface area contributed by atoms with Crippen LogP contribution in [0.15, 0.2) is 107 Å². The number of ether oxygens (including phenoxy) is 3. The summed E-state index contributed by atoms with van der Waals surface area (Å²) in [5, 5.41) is 9.79. The van der Waals surface area contributed by atoms with Crippen molar-refractivity contribution < 1.29 is 23.4 Å². The van der Waals surface area contributed by atoms with Crippen molar-refractivity contribution in [2.24, 2.45) is 5.73 Å². The van der Waals surface area contributed by atoms with Crippen molar-refractivity contribution in [3.8, 4) is 23.3 Å². The molecule has 1 atom stereocenters. The highest BCUT2D eigenvalue weighted by atomic mass is 16.5. The largest absolute Gasteiger partial charge is 0.489 e. The van der Waals surface area contributed by atoms with Gasteiger partial charge in [0.05, 0.1) is 12.2 Å². The first-order valence-electron chi connectivity index (χ1n) is 10.9. The zero-order valence-corrected chi connectivity index (χ0v) is 18.5. The summed E-state index contributed by atoms with van der Waals surface area (Å²) in [7, 11) is 0. The minimum atomic E-state index is -0.630. The number of nitrogens with zero attached hydrogens (tertiary/aromatic N) is 1. The third-order valence-electron chi connectivity index (χ3n) is 5.59. The highest BCUT2D eigenvalue weighted by Gasteiger charge is 2.31. The molecule has 0 radical (unpaired) electrons. The number of hydrogen-bond donors (Lipinski definition) is 1. The van der Waals surface area contributed by atoms with Crippen molar-refractivity contribution in [1.82, 2.24) is 0 Å². The number of nitrogens with two attached hydrogens (primary N) is 1. The summed E-state index contributed by atoms with van der Waals surface area (Å²) in [5.41, 5.74) is 9.04. The fourth-order valence-corrected chi connectivity index (χ4v) is 3.89. The fourth-order valence-electron chi connectivity index (χ4n) is 3.89. The Morgan fingerprint density at radius 2 is 1.74 bits per heavy atom. The van der Waals surface area contributed by atoms with Gasteiger partial charge < -0.3 is 24.4 Å². The van der Waals surface area contributed by atoms with E-state index in [-0.39, 0.29) is 17.4 Å². The van der Waals surface area contributed by atoms with E-state index in [0.717, 1.165) is 16.7 Å². The number of rotatable bonds is 6. The Balaban J connectivity index is 1.39. The quantitative estimate of drug-likeness (QED) is 0.305. The summed E-state index contributed by atoms with van der Waals surface area (Å²) >= 11 is 0. The maximum atomic E-state index is 12.2. The second kappa shape index (κ2) is 9.49. The maximum Gasteiger partial charge on any atom is 0.379 e. The molecular weight excluding hydrogens is 444 g/mol. The van der Waals surface area contributed by atoms with Gasteiger partial charge in [-0.1, -0.05) is 48.5 Å². The lowest BCUT2D eigenvalue weighted by atomic mass is 9.83. The number of benzene rings is 3. The molecule has 0 saturated heterocycles. The number of esters is 1. The number of hydrogen-bond acceptors (Lipinski definition) is 7. The van der Waals surface area contributed by atoms with Crippen LogP contribution in [0.4, 0.5) is 0 Å². The Kier molecular flexibility index (Phi) is 5.93. The van der Waals surface area contributed by atoms with E-state index in [0.29, 0.717) is 23.7 Å². The molecule has 2 heterocycles. The standard InChI is InChI=1S/C28H20N2O5/c29-16-23-26(19-8-10-20(11-9-19)33-17-18-5-2-1-3-6-18)22-13-12-21(15-25(22)35-27(23)30)34-28(31)24-7-4-14-32-24/h1-15,26H,17,30H2. The molecule has 2 N–H and O–H groups in total. The molecule has 0 bridgehead atoms. The first kappa shape index (κ1) is 21.9. The minimum Gasteiger partial charge on any atom is -0.489 e. The van der Waals surface area contributed by atoms with Crippen LogP contribution in [-0.4, -0.2) is 5.97 Å². The molecule has 1 aromatic heterocycles. The van der Waals surface area contributed by atoms with Crippen molar-refractivity contribution in [3.05, 3.63) is 125 Å². The van der Waals surface area contributed by atoms with Crippen molar-refractivity contribution in [3.63, 3.8) is 0 Å². The van der Waals surface area contributed by atoms with Gasteiger partial charge >= 0.3 is 5.97 Å². The van der Waals surface area contributed by atoms with Crippen LogP contribution in [-0.2, 0) is 6.61 Å². The highest BCUT2D eigenvalue weighted by Crippen LogP contribution is 2.43. The molecular formula is C28H20N2O5. The normalized spacial score (nSPS) is 14.4. The topological polar surface area (TPSA) is 108 Å². The summed E-state index contributed by atoms with van der Waals surface area (Å²) in [5.74, 6) is 0.394. The fraction of sp³-hybridized carbons (Fsp3) is 0.0714. The zero-order valence-electron chi connectivity index (χ0n) is 18.5. The number of carbonyl (C=O) groups excluding carboxylic acids is 1. The molecule has 35 heavy (non-hydrogen) atoms. The molecule has 0 spiro atoms. The minimum absolute atomic E-state index is 0.00363. The molecule has 5 rings (SSSR count). The number of allylic oxidation sites excluding steroid dienone is 1.